The molecule has 12 heterocycles. The maximum absolute atomic E-state index is 11.7. The van der Waals surface area contributed by atoms with Crippen LogP contribution in [0.15, 0.2) is 106 Å². The molecule has 0 spiro atoms. The first-order valence-electron chi connectivity index (χ1n) is 34.5. The van der Waals surface area contributed by atoms with Gasteiger partial charge in [0.05, 0.1) is 25.2 Å². The number of halogens is 3. The van der Waals surface area contributed by atoms with Gasteiger partial charge in [-0.25, -0.2) is 32.3 Å². The number of thioether (sulfide) groups is 3. The Morgan fingerprint density at radius 2 is 0.937 bits per heavy atom. The second kappa shape index (κ2) is 46.0. The van der Waals surface area contributed by atoms with Gasteiger partial charge < -0.3 is 39.5 Å². The smallest absolute Gasteiger partial charge is 0.413 e. The van der Waals surface area contributed by atoms with Gasteiger partial charge in [-0.05, 0) is 182 Å². The lowest BCUT2D eigenvalue weighted by Crippen LogP contribution is -3.00. The molecule has 2 saturated heterocycles. The first-order valence-corrected chi connectivity index (χ1v) is 41.4. The van der Waals surface area contributed by atoms with Crippen LogP contribution in [0.25, 0.3) is 22.1 Å². The zero-order chi connectivity index (χ0) is 80.7. The molecule has 12 rings (SSSR count). The number of hydrogen-bond acceptors (Lipinski definition) is 26. The minimum absolute atomic E-state index is 0. The van der Waals surface area contributed by atoms with Crippen LogP contribution in [0, 0.1) is 82.0 Å². The van der Waals surface area contributed by atoms with E-state index in [1.807, 2.05) is 119 Å². The van der Waals surface area contributed by atoms with E-state index < -0.39 is 40.8 Å². The van der Waals surface area contributed by atoms with Crippen LogP contribution in [0.4, 0.5) is 34.4 Å². The van der Waals surface area contributed by atoms with Crippen molar-refractivity contribution in [3.63, 3.8) is 0 Å². The highest BCUT2D eigenvalue weighted by Crippen LogP contribution is 2.38. The number of nitrogens with two attached hydrogens (primary N) is 3. The summed E-state index contributed by atoms with van der Waals surface area (Å²) in [4.78, 5) is 50.5. The van der Waals surface area contributed by atoms with Gasteiger partial charge in [0.2, 0.25) is 27.5 Å². The number of anilines is 3. The molecule has 610 valence electrons. The van der Waals surface area contributed by atoms with Crippen molar-refractivity contribution in [1.82, 2.24) is 43.4 Å². The molecule has 33 nitrogen and oxygen atoms in total. The molecule has 10 aromatic rings. The highest BCUT2D eigenvalue weighted by Gasteiger charge is 2.34. The van der Waals surface area contributed by atoms with Gasteiger partial charge >= 0.3 is 27.5 Å². The summed E-state index contributed by atoms with van der Waals surface area (Å²) in [5.74, 6) is 11.1. The Balaban J connectivity index is 0.000000440. The summed E-state index contributed by atoms with van der Waals surface area (Å²) >= 11 is 4.07. The normalized spacial score (nSPS) is 12.0. The molecule has 0 radical (unpaired) electrons. The van der Waals surface area contributed by atoms with Crippen molar-refractivity contribution >= 4 is 137 Å². The van der Waals surface area contributed by atoms with Gasteiger partial charge in [0.15, 0.2) is 10.8 Å². The van der Waals surface area contributed by atoms with Crippen molar-refractivity contribution < 1.29 is 74.0 Å². The van der Waals surface area contributed by atoms with Gasteiger partial charge in [-0.15, -0.1) is 75.4 Å². The predicted octanol–water partition coefficient (Wildman–Crippen LogP) is 10.3. The lowest BCUT2D eigenvalue weighted by atomic mass is 10.1. The van der Waals surface area contributed by atoms with Crippen molar-refractivity contribution in [2.75, 3.05) is 72.6 Å². The molecule has 41 heteroatoms. The first kappa shape index (κ1) is 98.8. The molecule has 0 aromatic carbocycles. The average molecular weight is 1790 g/mol. The summed E-state index contributed by atoms with van der Waals surface area (Å²) in [7, 11) is -8.14. The van der Waals surface area contributed by atoms with Gasteiger partial charge in [0.1, 0.15) is 26.5 Å². The summed E-state index contributed by atoms with van der Waals surface area (Å²) in [5, 5.41) is 61.2. The lowest BCUT2D eigenvalue weighted by Gasteiger charge is -2.14. The summed E-state index contributed by atoms with van der Waals surface area (Å²) < 4.78 is 61.2. The first-order chi connectivity index (χ1) is 51.0. The van der Waals surface area contributed by atoms with E-state index in [4.69, 9.17) is 21.2 Å². The molecule has 0 unspecified atom stereocenters. The van der Waals surface area contributed by atoms with E-state index in [1.165, 1.54) is 69.3 Å². The number of hydrogen-bond donors (Lipinski definition) is 4. The van der Waals surface area contributed by atoms with Crippen LogP contribution in [-0.2, 0) is 63.0 Å². The molecule has 7 N–H and O–H groups in total. The molecule has 0 saturated carbocycles. The van der Waals surface area contributed by atoms with Crippen LogP contribution in [0.2, 0.25) is 0 Å². The number of nitrogen functional groups attached to an aromatic ring is 2. The topological polar surface area (TPSA) is 441 Å². The van der Waals surface area contributed by atoms with E-state index in [-0.39, 0.29) is 75.5 Å². The molecule has 2 aliphatic heterocycles. The van der Waals surface area contributed by atoms with E-state index >= 15 is 0 Å². The maximum Gasteiger partial charge on any atom is 0.413 e. The van der Waals surface area contributed by atoms with Crippen molar-refractivity contribution in [1.29, 1.82) is 0 Å². The summed E-state index contributed by atoms with van der Waals surface area (Å²) in [6.07, 6.45) is 21.0. The van der Waals surface area contributed by atoms with Crippen LogP contribution < -0.4 is 55.9 Å². The zero-order valence-electron chi connectivity index (χ0n) is 64.9. The number of nitro groups is 4. The average Bonchev–Trinajstić information content (AvgIpc) is 1.33. The molecule has 0 atom stereocenters. The highest BCUT2D eigenvalue weighted by atomic mass is 127. The fourth-order valence-corrected chi connectivity index (χ4v) is 13.8. The number of sulfone groups is 1. The fourth-order valence-electron chi connectivity index (χ4n) is 11.4. The van der Waals surface area contributed by atoms with Crippen molar-refractivity contribution in [2.24, 2.45) is 5.90 Å². The van der Waals surface area contributed by atoms with E-state index in [0.29, 0.717) is 39.6 Å². The van der Waals surface area contributed by atoms with Crippen LogP contribution in [-0.4, -0.2) is 136 Å². The number of aryl methyl sites for hydroxylation is 12. The van der Waals surface area contributed by atoms with Crippen LogP contribution in [0.1, 0.15) is 135 Å². The molecule has 10 aromatic heterocycles. The maximum atomic E-state index is 11.7. The minimum Gasteiger partial charge on any atom is -1.00 e. The summed E-state index contributed by atoms with van der Waals surface area (Å²) in [6.45, 7) is 27.7. The summed E-state index contributed by atoms with van der Waals surface area (Å²) in [6, 6.07) is 23.9. The predicted molar refractivity (Wildman–Crippen MR) is 442 cm³/mol. The molecule has 2 aliphatic rings. The van der Waals surface area contributed by atoms with Gasteiger partial charge in [-0.3, -0.25) is 50.0 Å². The van der Waals surface area contributed by atoms with Gasteiger partial charge in [0, 0.05) is 85.7 Å². The van der Waals surface area contributed by atoms with E-state index in [0.717, 1.165) is 144 Å². The Morgan fingerprint density at radius 3 is 1.29 bits per heavy atom. The van der Waals surface area contributed by atoms with E-state index in [2.05, 4.69) is 87.3 Å². The minimum atomic E-state index is -4.38. The SMILES string of the molecule is CCc1ccc(C)[n+](N)c1.CCc1ccc(C)n2nc(N3CCCC3)c(N)c12.CCc1ccc(C)n2nc(N3CCCC3)c([N+](=O)[O-])c12.CCc1ccc(C)n2nc(S(C)(=O)=O)c([N+](=O)[O-])c12.CCc1ccc(C)n2nc(SC)c([N+](=O)[O-])c12.CCc1ccc(C)nc1.CSC(=C[N+](=O)[O-])SC.Cl.Cl.NOS(=O)(=O)O.[I-]. The monoisotopic (exact) mass is 1790 g/mol. The molecule has 2 fully saturated rings. The number of nitrogens with zero attached hydrogens (tertiary/aromatic N) is 16. The molecule has 0 aliphatic carbocycles. The largest absolute Gasteiger partial charge is 1.00 e. The molecule has 111 heavy (non-hydrogen) atoms. The van der Waals surface area contributed by atoms with E-state index in [9.17, 15) is 57.3 Å². The Morgan fingerprint density at radius 1 is 0.559 bits per heavy atom. The van der Waals surface area contributed by atoms with Crippen LogP contribution in [0.5, 0.6) is 0 Å². The second-order valence-corrected chi connectivity index (χ2v) is 30.3. The number of rotatable bonds is 17. The Kier molecular flexibility index (Phi) is 41.0. The third-order valence-electron chi connectivity index (χ3n) is 17.3. The third-order valence-corrected chi connectivity index (χ3v) is 21.2. The highest BCUT2D eigenvalue weighted by molar-refractivity contribution is 8.21. The van der Waals surface area contributed by atoms with Gasteiger partial charge in [-0.1, -0.05) is 76.6 Å². The number of pyridine rings is 6. The molecule has 0 amide bonds. The molecular weight excluding hydrogens is 1690 g/mol. The standard InChI is InChI=1S/C14H18N4O2.C14H20N4.C11H13N3O4S.C11H13N3O2S.C8H13N2.C8H11N.C4H7NO2S2.2ClH.HI.H3NO4S/c1-3-11-7-6-10(2)17-12(11)13(18(19)20)14(15-17)16-8-4-5-9-16;1-3-11-7-6-10(2)18-13(11)12(15)14(16-18)17-8-4-5-9-17;1-4-8-6-5-7(2)13-9(8)10(14(15)16)11(12-13)19(3,17)18;1-4-8-6-5-7(2)13-9(8)10(14(15)16)11(12-13)17-3;1-3-8-5-4-7(2)10(9)6-8;1-3-8-5-4-7(2)9-6-8;1-8-4(9-2)3-5(6)7;;;;1-5-6(2,3)4/h6-7H,3-5,8-9H2,1-2H3;6-7H,3-5,8-9,15H2,1-2H3;5-6H,4H2,1-3H3;5-6H,4H2,1-3H3;4-6H,3,9H2,1-2H3;4-6H,3H2,1-2H3;3H,1-2H3;3*1H;1H2,(H,2,3,4)/q;;;;+1;;;;;;/p-1. The van der Waals surface area contributed by atoms with Crippen molar-refractivity contribution in [2.45, 2.75) is 157 Å². The van der Waals surface area contributed by atoms with Crippen LogP contribution >= 0.6 is 60.1 Å². The van der Waals surface area contributed by atoms with Gasteiger partial charge in [0.25, 0.3) is 11.2 Å². The Hall–Kier alpha value is -8.26. The van der Waals surface area contributed by atoms with Crippen LogP contribution in [0.3, 0.4) is 0 Å². The number of fused-ring (bicyclic) bond motifs is 4. The Labute approximate surface area is 688 Å². The third kappa shape index (κ3) is 26.4. The quantitative estimate of drug-likeness (QED) is 0.0125. The molecule has 0 bridgehead atoms. The fraction of sp³-hybridized carbons (Fsp3) is 0.429. The lowest BCUT2D eigenvalue weighted by molar-refractivity contribution is -0.645. The zero-order valence-corrected chi connectivity index (χ0v) is 72.8. The van der Waals surface area contributed by atoms with Crippen molar-refractivity contribution in [3.05, 3.63) is 204 Å². The van der Waals surface area contributed by atoms with Crippen molar-refractivity contribution in [3.8, 4) is 0 Å². The summed E-state index contributed by atoms with van der Waals surface area (Å²) in [5.41, 5.74) is 21.9. The van der Waals surface area contributed by atoms with Gasteiger partial charge in [-0.2, -0.15) is 23.7 Å². The molecular formula is C70H100Cl2IN19O14S5. The Bertz CT molecular complexity index is 5070. The second-order valence-electron chi connectivity index (χ2n) is 24.6. The van der Waals surface area contributed by atoms with E-state index in [1.54, 1.807) is 39.0 Å². The number of aromatic nitrogens is 10.